The molecule has 0 fully saturated rings. The van der Waals surface area contributed by atoms with Gasteiger partial charge in [-0.1, -0.05) is 33.6 Å². The van der Waals surface area contributed by atoms with E-state index in [0.717, 1.165) is 11.4 Å². The highest BCUT2D eigenvalue weighted by atomic mass is 35.5. The van der Waals surface area contributed by atoms with Crippen LogP contribution in [0.3, 0.4) is 0 Å². The van der Waals surface area contributed by atoms with Crippen LogP contribution in [0.4, 0.5) is 11.4 Å². The van der Waals surface area contributed by atoms with E-state index in [2.05, 4.69) is 10.4 Å². The fraction of sp³-hybridized carbons (Fsp3) is 0. The Bertz CT molecular complexity index is 547. The number of benzene rings is 2. The highest BCUT2D eigenvalue weighted by molar-refractivity contribution is 6.47. The molecule has 0 saturated heterocycles. The molecule has 19 heavy (non-hydrogen) atoms. The van der Waals surface area contributed by atoms with Gasteiger partial charge >= 0.3 is 7.55 Å². The molecule has 1 radical (unpaired) electrons. The van der Waals surface area contributed by atoms with E-state index >= 15 is 0 Å². The molecule has 0 atom stereocenters. The molecule has 0 bridgehead atoms. The summed E-state index contributed by atoms with van der Waals surface area (Å²) in [5, 5.41) is 9.52. The minimum absolute atomic E-state index is 0.689. The van der Waals surface area contributed by atoms with Gasteiger partial charge in [0.05, 0.1) is 0 Å². The second-order valence-corrected chi connectivity index (χ2v) is 4.81. The molecule has 0 unspecified atom stereocenters. The maximum absolute atomic E-state index is 5.85. The smallest absolute Gasteiger partial charge is 0.267 e. The van der Waals surface area contributed by atoms with Crippen molar-refractivity contribution in [2.24, 2.45) is 10.4 Å². The Morgan fingerprint density at radius 2 is 1.05 bits per heavy atom. The number of rotatable bonds is 2. The molecule has 1 heterocycles. The molecule has 1 aliphatic heterocycles. The van der Waals surface area contributed by atoms with E-state index in [4.69, 9.17) is 23.2 Å². The number of hydrogen-bond donors (Lipinski definition) is 0. The summed E-state index contributed by atoms with van der Waals surface area (Å²) in [4.78, 5) is 3.34. The molecular formula is C12H8BCl2N4. The first-order valence-electron chi connectivity index (χ1n) is 5.58. The van der Waals surface area contributed by atoms with Gasteiger partial charge in [0.1, 0.15) is 0 Å². The summed E-state index contributed by atoms with van der Waals surface area (Å²) in [6, 6.07) is 14.8. The van der Waals surface area contributed by atoms with Crippen molar-refractivity contribution in [2.75, 3.05) is 9.84 Å². The predicted molar refractivity (Wildman–Crippen MR) is 78.5 cm³/mol. The van der Waals surface area contributed by atoms with E-state index in [1.165, 1.54) is 0 Å². The Balaban J connectivity index is 1.76. The summed E-state index contributed by atoms with van der Waals surface area (Å²) in [6.45, 7) is 0. The minimum Gasteiger partial charge on any atom is -0.267 e. The lowest BCUT2D eigenvalue weighted by atomic mass is 10.1. The molecule has 2 aromatic rings. The maximum atomic E-state index is 5.85. The first-order valence-corrected chi connectivity index (χ1v) is 6.34. The van der Waals surface area contributed by atoms with Gasteiger partial charge < -0.3 is 0 Å². The van der Waals surface area contributed by atoms with Crippen molar-refractivity contribution in [3.63, 3.8) is 0 Å². The number of anilines is 2. The normalized spacial score (nSPS) is 13.8. The number of halogens is 2. The highest BCUT2D eigenvalue weighted by Gasteiger charge is 2.22. The zero-order chi connectivity index (χ0) is 13.2. The molecule has 1 aliphatic rings. The van der Waals surface area contributed by atoms with Crippen LogP contribution in [0, 0.1) is 0 Å². The third kappa shape index (κ3) is 2.67. The average molecular weight is 290 g/mol. The predicted octanol–water partition coefficient (Wildman–Crippen LogP) is 4.14. The van der Waals surface area contributed by atoms with Gasteiger partial charge in [0, 0.05) is 21.4 Å². The molecular weight excluding hydrogens is 282 g/mol. The summed E-state index contributed by atoms with van der Waals surface area (Å²) >= 11 is 11.7. The van der Waals surface area contributed by atoms with Crippen LogP contribution in [-0.2, 0) is 0 Å². The average Bonchev–Trinajstić information content (AvgIpc) is 2.90. The largest absolute Gasteiger partial charge is 0.443 e. The second kappa shape index (κ2) is 5.11. The Labute approximate surface area is 121 Å². The van der Waals surface area contributed by atoms with E-state index in [1.807, 2.05) is 48.5 Å². The lowest BCUT2D eigenvalue weighted by Gasteiger charge is -2.14. The van der Waals surface area contributed by atoms with Gasteiger partial charge in [0.15, 0.2) is 0 Å². The van der Waals surface area contributed by atoms with Crippen molar-refractivity contribution in [2.45, 2.75) is 0 Å². The number of nitrogens with zero attached hydrogens (tertiary/aromatic N) is 4. The van der Waals surface area contributed by atoms with Gasteiger partial charge in [-0.05, 0) is 48.5 Å². The Morgan fingerprint density at radius 1 is 0.684 bits per heavy atom. The Hall–Kier alpha value is -1.72. The van der Waals surface area contributed by atoms with Crippen molar-refractivity contribution in [3.8, 4) is 0 Å². The van der Waals surface area contributed by atoms with Crippen LogP contribution in [0.5, 0.6) is 0 Å². The maximum Gasteiger partial charge on any atom is 0.443 e. The summed E-state index contributed by atoms with van der Waals surface area (Å²) < 4.78 is 0. The lowest BCUT2D eigenvalue weighted by molar-refractivity contribution is 1.01. The van der Waals surface area contributed by atoms with Gasteiger partial charge in [0.25, 0.3) is 0 Å². The molecule has 93 valence electrons. The summed E-state index contributed by atoms with van der Waals surface area (Å²) in [7, 11) is 1.78. The van der Waals surface area contributed by atoms with Gasteiger partial charge in [-0.25, -0.2) is 0 Å². The van der Waals surface area contributed by atoms with Crippen LogP contribution >= 0.6 is 23.2 Å². The molecule has 0 saturated carbocycles. The molecule has 0 N–H and O–H groups in total. The molecule has 0 aliphatic carbocycles. The summed E-state index contributed by atoms with van der Waals surface area (Å²) in [6.07, 6.45) is 0. The Morgan fingerprint density at radius 3 is 1.42 bits per heavy atom. The van der Waals surface area contributed by atoms with Crippen LogP contribution in [0.2, 0.25) is 10.0 Å². The Kier molecular flexibility index (Phi) is 3.32. The molecule has 0 spiro atoms. The van der Waals surface area contributed by atoms with Crippen molar-refractivity contribution in [3.05, 3.63) is 58.6 Å². The van der Waals surface area contributed by atoms with Crippen molar-refractivity contribution in [1.82, 2.24) is 0 Å². The van der Waals surface area contributed by atoms with Gasteiger partial charge in [-0.15, -0.1) is 0 Å². The first-order chi connectivity index (χ1) is 9.22. The van der Waals surface area contributed by atoms with Crippen LogP contribution in [0.15, 0.2) is 59.0 Å². The summed E-state index contributed by atoms with van der Waals surface area (Å²) in [5.41, 5.74) is 1.79. The van der Waals surface area contributed by atoms with E-state index in [0.29, 0.717) is 10.0 Å². The van der Waals surface area contributed by atoms with Crippen LogP contribution in [0.1, 0.15) is 0 Å². The third-order valence-corrected chi connectivity index (χ3v) is 3.14. The lowest BCUT2D eigenvalue weighted by Crippen LogP contribution is -2.28. The molecule has 0 amide bonds. The second-order valence-electron chi connectivity index (χ2n) is 3.94. The van der Waals surface area contributed by atoms with Gasteiger partial charge in [0.2, 0.25) is 0 Å². The zero-order valence-electron chi connectivity index (χ0n) is 9.74. The molecule has 7 heteroatoms. The zero-order valence-corrected chi connectivity index (χ0v) is 11.3. The molecule has 3 rings (SSSR count). The van der Waals surface area contributed by atoms with Gasteiger partial charge in [-0.2, -0.15) is 0 Å². The van der Waals surface area contributed by atoms with E-state index in [9.17, 15) is 0 Å². The van der Waals surface area contributed by atoms with Crippen LogP contribution in [0.25, 0.3) is 0 Å². The van der Waals surface area contributed by atoms with E-state index in [1.54, 1.807) is 17.4 Å². The molecule has 2 aromatic carbocycles. The molecule has 0 aromatic heterocycles. The molecule has 4 nitrogen and oxygen atoms in total. The van der Waals surface area contributed by atoms with E-state index < -0.39 is 0 Å². The topological polar surface area (TPSA) is 31.2 Å². The third-order valence-electron chi connectivity index (χ3n) is 2.63. The SMILES string of the molecule is Clc1ccc(N2[B]N(c3ccc(Cl)cc3)N=N2)cc1. The van der Waals surface area contributed by atoms with Crippen molar-refractivity contribution in [1.29, 1.82) is 0 Å². The van der Waals surface area contributed by atoms with Crippen molar-refractivity contribution >= 4 is 42.1 Å². The monoisotopic (exact) mass is 289 g/mol. The fourth-order valence-corrected chi connectivity index (χ4v) is 1.91. The quantitative estimate of drug-likeness (QED) is 0.778. The van der Waals surface area contributed by atoms with Crippen LogP contribution < -0.4 is 9.84 Å². The van der Waals surface area contributed by atoms with Gasteiger partial charge in [-0.3, -0.25) is 9.84 Å². The van der Waals surface area contributed by atoms with Crippen LogP contribution in [-0.4, -0.2) is 7.55 Å². The summed E-state index contributed by atoms with van der Waals surface area (Å²) in [5.74, 6) is 0. The van der Waals surface area contributed by atoms with Crippen molar-refractivity contribution < 1.29 is 0 Å². The first kappa shape index (κ1) is 12.3. The highest BCUT2D eigenvalue weighted by Crippen LogP contribution is 2.25. The van der Waals surface area contributed by atoms with E-state index in [-0.39, 0.29) is 0 Å². The minimum atomic E-state index is 0.689. The standard InChI is InChI=1S/C12H8BCl2N4/c14-9-1-5-11(6-2-9)18-13-19(17-16-18)12-7-3-10(15)4-8-12/h1-8H. The number of hydrogen-bond acceptors (Lipinski definition) is 4. The fourth-order valence-electron chi connectivity index (χ4n) is 1.66.